The lowest BCUT2D eigenvalue weighted by atomic mass is 10.2. The molecule has 0 aliphatic carbocycles. The number of hydrogen-bond acceptors (Lipinski definition) is 2. The number of rotatable bonds is 1. The predicted molar refractivity (Wildman–Crippen MR) is 50.2 cm³/mol. The molecule has 13 heavy (non-hydrogen) atoms. The molecule has 0 saturated heterocycles. The highest BCUT2D eigenvalue weighted by atomic mass is 16.0. The fourth-order valence-electron chi connectivity index (χ4n) is 1.09. The number of aromatic amines is 1. The Labute approximate surface area is 76.0 Å². The minimum absolute atomic E-state index is 0. The van der Waals surface area contributed by atoms with E-state index < -0.39 is 0 Å². The molecule has 0 bridgehead atoms. The van der Waals surface area contributed by atoms with Crippen molar-refractivity contribution in [2.24, 2.45) is 0 Å². The fraction of sp³-hybridized carbons (Fsp3) is 0.111. The van der Waals surface area contributed by atoms with Gasteiger partial charge in [0.2, 0.25) is 0 Å². The smallest absolute Gasteiger partial charge is 0.0924 e. The summed E-state index contributed by atoms with van der Waals surface area (Å²) in [6.07, 6.45) is 3.53. The molecule has 0 amide bonds. The summed E-state index contributed by atoms with van der Waals surface area (Å²) >= 11 is 0. The van der Waals surface area contributed by atoms with Gasteiger partial charge in [0.05, 0.1) is 5.69 Å². The van der Waals surface area contributed by atoms with Crippen molar-refractivity contribution < 1.29 is 5.48 Å². The summed E-state index contributed by atoms with van der Waals surface area (Å²) < 4.78 is 0. The van der Waals surface area contributed by atoms with Crippen LogP contribution in [0.2, 0.25) is 0 Å². The van der Waals surface area contributed by atoms with E-state index in [9.17, 15) is 0 Å². The van der Waals surface area contributed by atoms with E-state index in [1.807, 2.05) is 25.1 Å². The van der Waals surface area contributed by atoms with Gasteiger partial charge in [0, 0.05) is 23.7 Å². The van der Waals surface area contributed by atoms with Crippen LogP contribution in [0.25, 0.3) is 11.3 Å². The topological polar surface area (TPSA) is 73.1 Å². The van der Waals surface area contributed by atoms with Gasteiger partial charge in [0.25, 0.3) is 0 Å². The summed E-state index contributed by atoms with van der Waals surface area (Å²) in [5.41, 5.74) is 3.13. The number of pyridine rings is 1. The van der Waals surface area contributed by atoms with Crippen molar-refractivity contribution in [3.63, 3.8) is 0 Å². The Morgan fingerprint density at radius 1 is 1.23 bits per heavy atom. The Hall–Kier alpha value is -1.68. The molecule has 0 aliphatic rings. The standard InChI is InChI=1S/C9H9N3.H2O/c1-7-6-9(12-11-7)8-2-4-10-5-3-8;/h2-6H,1H3,(H,11,12);1H2. The third-order valence-corrected chi connectivity index (χ3v) is 1.68. The summed E-state index contributed by atoms with van der Waals surface area (Å²) in [7, 11) is 0. The van der Waals surface area contributed by atoms with E-state index in [-0.39, 0.29) is 5.48 Å². The summed E-state index contributed by atoms with van der Waals surface area (Å²) in [6.45, 7) is 1.98. The van der Waals surface area contributed by atoms with Crippen molar-refractivity contribution in [2.75, 3.05) is 0 Å². The molecule has 2 rings (SSSR count). The second-order valence-corrected chi connectivity index (χ2v) is 2.67. The Morgan fingerprint density at radius 3 is 2.46 bits per heavy atom. The maximum atomic E-state index is 4.13. The van der Waals surface area contributed by atoms with Crippen LogP contribution in [0.3, 0.4) is 0 Å². The quantitative estimate of drug-likeness (QED) is 0.704. The molecule has 68 valence electrons. The Kier molecular flexibility index (Phi) is 2.76. The number of aryl methyl sites for hydroxylation is 1. The largest absolute Gasteiger partial charge is 0.412 e. The molecular weight excluding hydrogens is 166 g/mol. The number of H-pyrrole nitrogens is 1. The lowest BCUT2D eigenvalue weighted by molar-refractivity contribution is 0.824. The number of nitrogens with one attached hydrogen (secondary N) is 1. The molecule has 2 aromatic rings. The van der Waals surface area contributed by atoms with Crippen LogP contribution >= 0.6 is 0 Å². The van der Waals surface area contributed by atoms with Crippen molar-refractivity contribution in [3.8, 4) is 11.3 Å². The van der Waals surface area contributed by atoms with Crippen molar-refractivity contribution in [3.05, 3.63) is 36.3 Å². The highest BCUT2D eigenvalue weighted by Crippen LogP contribution is 2.15. The zero-order valence-corrected chi connectivity index (χ0v) is 7.28. The number of nitrogens with zero attached hydrogens (tertiary/aromatic N) is 2. The van der Waals surface area contributed by atoms with Crippen LogP contribution in [-0.4, -0.2) is 20.7 Å². The Morgan fingerprint density at radius 2 is 1.92 bits per heavy atom. The van der Waals surface area contributed by atoms with Gasteiger partial charge in [0.1, 0.15) is 0 Å². The lowest BCUT2D eigenvalue weighted by Crippen LogP contribution is -1.77. The van der Waals surface area contributed by atoms with Gasteiger partial charge in [-0.05, 0) is 25.1 Å². The van der Waals surface area contributed by atoms with Crippen LogP contribution < -0.4 is 0 Å². The summed E-state index contributed by atoms with van der Waals surface area (Å²) in [5, 5.41) is 7.03. The van der Waals surface area contributed by atoms with E-state index in [0.29, 0.717) is 0 Å². The maximum absolute atomic E-state index is 4.13. The van der Waals surface area contributed by atoms with E-state index in [0.717, 1.165) is 17.0 Å². The first-order valence-corrected chi connectivity index (χ1v) is 3.78. The van der Waals surface area contributed by atoms with Crippen LogP contribution in [0.1, 0.15) is 5.69 Å². The molecule has 0 saturated carbocycles. The van der Waals surface area contributed by atoms with Gasteiger partial charge in [-0.3, -0.25) is 10.1 Å². The average molecular weight is 177 g/mol. The minimum Gasteiger partial charge on any atom is -0.412 e. The predicted octanol–water partition coefficient (Wildman–Crippen LogP) is 0.955. The van der Waals surface area contributed by atoms with Crippen LogP contribution in [0.5, 0.6) is 0 Å². The lowest BCUT2D eigenvalue weighted by Gasteiger charge is -1.91. The van der Waals surface area contributed by atoms with E-state index in [4.69, 9.17) is 0 Å². The highest BCUT2D eigenvalue weighted by molar-refractivity contribution is 5.57. The van der Waals surface area contributed by atoms with Crippen molar-refractivity contribution in [1.82, 2.24) is 15.2 Å². The summed E-state index contributed by atoms with van der Waals surface area (Å²) in [4.78, 5) is 3.94. The van der Waals surface area contributed by atoms with Crippen molar-refractivity contribution in [1.29, 1.82) is 0 Å². The first-order chi connectivity index (χ1) is 5.86. The molecule has 0 fully saturated rings. The van der Waals surface area contributed by atoms with E-state index >= 15 is 0 Å². The number of hydrogen-bond donors (Lipinski definition) is 1. The summed E-state index contributed by atoms with van der Waals surface area (Å²) in [6, 6.07) is 5.89. The van der Waals surface area contributed by atoms with Gasteiger partial charge in [-0.2, -0.15) is 5.10 Å². The molecule has 0 aliphatic heterocycles. The second kappa shape index (κ2) is 3.82. The molecule has 4 nitrogen and oxygen atoms in total. The maximum Gasteiger partial charge on any atom is 0.0924 e. The highest BCUT2D eigenvalue weighted by Gasteiger charge is 1.98. The van der Waals surface area contributed by atoms with Crippen molar-refractivity contribution in [2.45, 2.75) is 6.92 Å². The van der Waals surface area contributed by atoms with Crippen LogP contribution in [-0.2, 0) is 0 Å². The Bertz CT molecular complexity index is 369. The zero-order valence-electron chi connectivity index (χ0n) is 7.28. The van der Waals surface area contributed by atoms with Crippen LogP contribution in [0.15, 0.2) is 30.6 Å². The zero-order chi connectivity index (χ0) is 8.39. The van der Waals surface area contributed by atoms with E-state index in [1.165, 1.54) is 0 Å². The molecule has 2 heterocycles. The molecule has 2 aromatic heterocycles. The molecule has 0 atom stereocenters. The third-order valence-electron chi connectivity index (χ3n) is 1.68. The monoisotopic (exact) mass is 177 g/mol. The molecule has 4 heteroatoms. The van der Waals surface area contributed by atoms with Gasteiger partial charge >= 0.3 is 0 Å². The van der Waals surface area contributed by atoms with Gasteiger partial charge in [-0.1, -0.05) is 0 Å². The average Bonchev–Trinajstić information content (AvgIpc) is 2.54. The fourth-order valence-corrected chi connectivity index (χ4v) is 1.09. The van der Waals surface area contributed by atoms with E-state index in [2.05, 4.69) is 15.2 Å². The van der Waals surface area contributed by atoms with Crippen LogP contribution in [0.4, 0.5) is 0 Å². The molecule has 0 spiro atoms. The van der Waals surface area contributed by atoms with Crippen LogP contribution in [0, 0.1) is 6.92 Å². The van der Waals surface area contributed by atoms with Gasteiger partial charge in [0.15, 0.2) is 0 Å². The third kappa shape index (κ3) is 1.91. The molecule has 0 aromatic carbocycles. The van der Waals surface area contributed by atoms with Gasteiger partial charge in [-0.25, -0.2) is 0 Å². The molecule has 0 radical (unpaired) electrons. The van der Waals surface area contributed by atoms with Gasteiger partial charge < -0.3 is 5.48 Å². The minimum atomic E-state index is 0. The normalized spacial score (nSPS) is 9.31. The van der Waals surface area contributed by atoms with E-state index in [1.54, 1.807) is 12.4 Å². The second-order valence-electron chi connectivity index (χ2n) is 2.67. The first-order valence-electron chi connectivity index (χ1n) is 3.78. The molecular formula is C9H11N3O. The van der Waals surface area contributed by atoms with Crippen molar-refractivity contribution >= 4 is 0 Å². The number of aromatic nitrogens is 3. The Balaban J connectivity index is 0.000000845. The molecule has 0 unspecified atom stereocenters. The first kappa shape index (κ1) is 9.41. The SMILES string of the molecule is Cc1cc(-c2ccncc2)n[nH]1.O. The molecule has 3 N–H and O–H groups in total. The summed E-state index contributed by atoms with van der Waals surface area (Å²) in [5.74, 6) is 0. The van der Waals surface area contributed by atoms with Gasteiger partial charge in [-0.15, -0.1) is 0 Å².